The largest absolute Gasteiger partial charge is 0.340 e. The van der Waals surface area contributed by atoms with Crippen LogP contribution in [0.15, 0.2) is 24.3 Å². The maximum atomic E-state index is 12.2. The molecule has 4 nitrogen and oxygen atoms in total. The van der Waals surface area contributed by atoms with Crippen LogP contribution in [0, 0.1) is 0 Å². The fourth-order valence-corrected chi connectivity index (χ4v) is 3.37. The second kappa shape index (κ2) is 7.95. The average Bonchev–Trinajstić information content (AvgIpc) is 2.97. The molecule has 0 radical (unpaired) electrons. The summed E-state index contributed by atoms with van der Waals surface area (Å²) < 4.78 is 0. The second-order valence-corrected chi connectivity index (χ2v) is 6.19. The molecule has 5 heteroatoms. The van der Waals surface area contributed by atoms with Crippen molar-refractivity contribution in [3.63, 3.8) is 0 Å². The van der Waals surface area contributed by atoms with Crippen LogP contribution < -0.4 is 5.32 Å². The minimum Gasteiger partial charge on any atom is -0.340 e. The number of halogens is 1. The number of hydrogen-bond donors (Lipinski definition) is 1. The molecule has 2 aliphatic rings. The fourth-order valence-electron chi connectivity index (χ4n) is 3.37. The lowest BCUT2D eigenvalue weighted by Crippen LogP contribution is -2.47. The van der Waals surface area contributed by atoms with Gasteiger partial charge in [-0.25, -0.2) is 0 Å². The highest BCUT2D eigenvalue weighted by Gasteiger charge is 2.25. The lowest BCUT2D eigenvalue weighted by Gasteiger charge is -2.29. The molecular formula is C17H26ClN3O. The minimum absolute atomic E-state index is 0. The minimum atomic E-state index is 0. The van der Waals surface area contributed by atoms with E-state index in [9.17, 15) is 4.79 Å². The topological polar surface area (TPSA) is 35.6 Å². The van der Waals surface area contributed by atoms with Gasteiger partial charge >= 0.3 is 0 Å². The molecule has 1 saturated heterocycles. The van der Waals surface area contributed by atoms with E-state index >= 15 is 0 Å². The first-order chi connectivity index (χ1) is 10.2. The molecule has 122 valence electrons. The van der Waals surface area contributed by atoms with Gasteiger partial charge in [0.2, 0.25) is 5.91 Å². The van der Waals surface area contributed by atoms with Gasteiger partial charge < -0.3 is 15.1 Å². The summed E-state index contributed by atoms with van der Waals surface area (Å²) in [4.78, 5) is 16.6. The zero-order chi connectivity index (χ0) is 14.7. The summed E-state index contributed by atoms with van der Waals surface area (Å²) in [6.07, 6.45) is 2.88. The Kier molecular flexibility index (Phi) is 6.24. The molecule has 0 aromatic heterocycles. The van der Waals surface area contributed by atoms with E-state index < -0.39 is 0 Å². The van der Waals surface area contributed by atoms with Crippen LogP contribution in [0.1, 0.15) is 17.5 Å². The third-order valence-corrected chi connectivity index (χ3v) is 4.80. The Hall–Kier alpha value is -1.10. The monoisotopic (exact) mass is 323 g/mol. The van der Waals surface area contributed by atoms with Crippen LogP contribution in [0.3, 0.4) is 0 Å². The van der Waals surface area contributed by atoms with Gasteiger partial charge in [0, 0.05) is 45.2 Å². The van der Waals surface area contributed by atoms with Crippen LogP contribution in [0.4, 0.5) is 0 Å². The molecule has 1 aliphatic heterocycles. The van der Waals surface area contributed by atoms with Gasteiger partial charge in [-0.15, -0.1) is 12.4 Å². The van der Waals surface area contributed by atoms with Crippen molar-refractivity contribution in [2.45, 2.75) is 25.3 Å². The number of amides is 1. The van der Waals surface area contributed by atoms with Crippen LogP contribution in [-0.4, -0.2) is 61.5 Å². The van der Waals surface area contributed by atoms with E-state index in [2.05, 4.69) is 41.5 Å². The van der Waals surface area contributed by atoms with Crippen LogP contribution in [0.2, 0.25) is 0 Å². The van der Waals surface area contributed by atoms with Crippen molar-refractivity contribution >= 4 is 18.3 Å². The molecule has 1 aromatic rings. The summed E-state index contributed by atoms with van der Waals surface area (Å²) in [7, 11) is 2.15. The summed E-state index contributed by atoms with van der Waals surface area (Å²) in [5, 5.41) is 3.29. The van der Waals surface area contributed by atoms with Crippen molar-refractivity contribution in [3.05, 3.63) is 35.4 Å². The van der Waals surface area contributed by atoms with Crippen molar-refractivity contribution < 1.29 is 4.79 Å². The first kappa shape index (κ1) is 17.3. The zero-order valence-electron chi connectivity index (χ0n) is 13.3. The van der Waals surface area contributed by atoms with Gasteiger partial charge in [0.15, 0.2) is 0 Å². The number of hydrogen-bond acceptors (Lipinski definition) is 3. The predicted molar refractivity (Wildman–Crippen MR) is 91.6 cm³/mol. The van der Waals surface area contributed by atoms with E-state index in [1.807, 2.05) is 4.90 Å². The van der Waals surface area contributed by atoms with Gasteiger partial charge in [0.1, 0.15) is 0 Å². The normalized spacial score (nSPS) is 18.2. The van der Waals surface area contributed by atoms with Gasteiger partial charge in [0.25, 0.3) is 0 Å². The average molecular weight is 324 g/mol. The molecule has 0 bridgehead atoms. The standard InChI is InChI=1S/C17H25N3O.ClH/c1-19(9-6-17(21)20-10-7-18-8-11-20)16-12-14-4-2-3-5-15(14)13-16;/h2-5,16,18H,6-13H2,1H3;1H. The number of piperazine rings is 1. The van der Waals surface area contributed by atoms with Crippen molar-refractivity contribution in [2.24, 2.45) is 0 Å². The van der Waals surface area contributed by atoms with E-state index in [1.54, 1.807) is 0 Å². The zero-order valence-corrected chi connectivity index (χ0v) is 14.1. The summed E-state index contributed by atoms with van der Waals surface area (Å²) in [5.74, 6) is 0.305. The van der Waals surface area contributed by atoms with Crippen LogP contribution in [0.25, 0.3) is 0 Å². The first-order valence-electron chi connectivity index (χ1n) is 7.99. The van der Waals surface area contributed by atoms with Gasteiger partial charge in [-0.2, -0.15) is 0 Å². The summed E-state index contributed by atoms with van der Waals surface area (Å²) in [6, 6.07) is 9.26. The summed E-state index contributed by atoms with van der Waals surface area (Å²) >= 11 is 0. The fraction of sp³-hybridized carbons (Fsp3) is 0.588. The smallest absolute Gasteiger partial charge is 0.223 e. The Morgan fingerprint density at radius 3 is 2.41 bits per heavy atom. The number of carbonyl (C=O) groups excluding carboxylic acids is 1. The lowest BCUT2D eigenvalue weighted by molar-refractivity contribution is -0.132. The third kappa shape index (κ3) is 4.00. The van der Waals surface area contributed by atoms with Crippen LogP contribution in [0.5, 0.6) is 0 Å². The summed E-state index contributed by atoms with van der Waals surface area (Å²) in [6.45, 7) is 4.44. The van der Waals surface area contributed by atoms with E-state index in [-0.39, 0.29) is 12.4 Å². The maximum absolute atomic E-state index is 12.2. The molecule has 22 heavy (non-hydrogen) atoms. The number of carbonyl (C=O) groups is 1. The Balaban J connectivity index is 0.00000176. The molecule has 1 N–H and O–H groups in total. The lowest BCUT2D eigenvalue weighted by atomic mass is 10.1. The number of nitrogens with one attached hydrogen (secondary N) is 1. The molecule has 0 saturated carbocycles. The highest BCUT2D eigenvalue weighted by molar-refractivity contribution is 5.85. The van der Waals surface area contributed by atoms with Gasteiger partial charge in [-0.3, -0.25) is 4.79 Å². The number of likely N-dealkylation sites (N-methyl/N-ethyl adjacent to an activating group) is 1. The van der Waals surface area contributed by atoms with Crippen LogP contribution >= 0.6 is 12.4 Å². The number of rotatable bonds is 4. The number of fused-ring (bicyclic) bond motifs is 1. The quantitative estimate of drug-likeness (QED) is 0.908. The SMILES string of the molecule is CN(CCC(=O)N1CCNCC1)C1Cc2ccccc2C1.Cl. The molecule has 1 heterocycles. The van der Waals surface area contributed by atoms with E-state index in [1.165, 1.54) is 11.1 Å². The van der Waals surface area contributed by atoms with Gasteiger partial charge in [-0.05, 0) is 31.0 Å². The molecule has 1 amide bonds. The highest BCUT2D eigenvalue weighted by atomic mass is 35.5. The second-order valence-electron chi connectivity index (χ2n) is 6.19. The first-order valence-corrected chi connectivity index (χ1v) is 7.99. The molecule has 1 aliphatic carbocycles. The molecule has 1 fully saturated rings. The number of benzene rings is 1. The van der Waals surface area contributed by atoms with Gasteiger partial charge in [-0.1, -0.05) is 24.3 Å². The Morgan fingerprint density at radius 1 is 1.23 bits per heavy atom. The van der Waals surface area contributed by atoms with E-state index in [0.717, 1.165) is 45.6 Å². The molecular weight excluding hydrogens is 298 g/mol. The molecule has 0 spiro atoms. The van der Waals surface area contributed by atoms with Gasteiger partial charge in [0.05, 0.1) is 0 Å². The van der Waals surface area contributed by atoms with Crippen molar-refractivity contribution in [1.82, 2.24) is 15.1 Å². The van der Waals surface area contributed by atoms with E-state index in [4.69, 9.17) is 0 Å². The third-order valence-electron chi connectivity index (χ3n) is 4.80. The summed E-state index contributed by atoms with van der Waals surface area (Å²) in [5.41, 5.74) is 2.95. The maximum Gasteiger partial charge on any atom is 0.223 e. The van der Waals surface area contributed by atoms with Crippen LogP contribution in [-0.2, 0) is 17.6 Å². The Bertz CT molecular complexity index is 477. The Morgan fingerprint density at radius 2 is 1.82 bits per heavy atom. The number of nitrogens with zero attached hydrogens (tertiary/aromatic N) is 2. The molecule has 0 atom stereocenters. The highest BCUT2D eigenvalue weighted by Crippen LogP contribution is 2.24. The predicted octanol–water partition coefficient (Wildman–Crippen LogP) is 1.33. The molecule has 0 unspecified atom stereocenters. The van der Waals surface area contributed by atoms with E-state index in [0.29, 0.717) is 18.4 Å². The Labute approximate surface area is 139 Å². The molecule has 3 rings (SSSR count). The van der Waals surface area contributed by atoms with Crippen molar-refractivity contribution in [2.75, 3.05) is 39.8 Å². The molecule has 1 aromatic carbocycles. The van der Waals surface area contributed by atoms with Crippen molar-refractivity contribution in [3.8, 4) is 0 Å². The van der Waals surface area contributed by atoms with Crippen molar-refractivity contribution in [1.29, 1.82) is 0 Å².